The average molecular weight is 407 g/mol. The number of aryl methyl sites for hydroxylation is 1. The van der Waals surface area contributed by atoms with E-state index < -0.39 is 0 Å². The molecule has 0 spiro atoms. The third-order valence-electron chi connectivity index (χ3n) is 5.76. The van der Waals surface area contributed by atoms with E-state index in [9.17, 15) is 14.0 Å². The largest absolute Gasteiger partial charge is 0.349 e. The maximum Gasteiger partial charge on any atom is 0.256 e. The summed E-state index contributed by atoms with van der Waals surface area (Å²) < 4.78 is 15.1. The van der Waals surface area contributed by atoms with Crippen molar-refractivity contribution in [3.8, 4) is 0 Å². The van der Waals surface area contributed by atoms with Gasteiger partial charge in [-0.1, -0.05) is 37.8 Å². The molecule has 0 unspecified atom stereocenters. The van der Waals surface area contributed by atoms with E-state index in [1.165, 1.54) is 25.0 Å². The van der Waals surface area contributed by atoms with E-state index in [2.05, 4.69) is 10.3 Å². The summed E-state index contributed by atoms with van der Waals surface area (Å²) in [5.41, 5.74) is 1.99. The minimum atomic E-state index is -0.331. The van der Waals surface area contributed by atoms with Crippen molar-refractivity contribution in [1.82, 2.24) is 14.9 Å². The van der Waals surface area contributed by atoms with E-state index in [4.69, 9.17) is 0 Å². The predicted octanol–water partition coefficient (Wildman–Crippen LogP) is 4.34. The molecular weight excluding hydrogens is 381 g/mol. The Morgan fingerprint density at radius 1 is 1.10 bits per heavy atom. The van der Waals surface area contributed by atoms with Crippen LogP contribution in [0.2, 0.25) is 0 Å². The molecule has 0 atom stereocenters. The Morgan fingerprint density at radius 2 is 1.80 bits per heavy atom. The van der Waals surface area contributed by atoms with E-state index in [1.54, 1.807) is 35.0 Å². The van der Waals surface area contributed by atoms with Crippen LogP contribution in [0.5, 0.6) is 0 Å². The van der Waals surface area contributed by atoms with E-state index >= 15 is 0 Å². The van der Waals surface area contributed by atoms with Crippen molar-refractivity contribution in [2.24, 2.45) is 0 Å². The highest BCUT2D eigenvalue weighted by Crippen LogP contribution is 2.18. The SMILES string of the molecule is Cc1ccc2c(=O)c(C(=O)NC3CCCCCC3)cn(Cc3ccc(F)cc3)c2n1. The molecule has 2 heterocycles. The molecule has 30 heavy (non-hydrogen) atoms. The molecule has 2 aromatic heterocycles. The standard InChI is InChI=1S/C24H26FN3O2/c1-16-8-13-20-22(29)21(24(30)27-19-6-4-2-3-5-7-19)15-28(23(20)26-16)14-17-9-11-18(25)12-10-17/h8-13,15,19H,2-7,14H2,1H3,(H,27,30). The molecule has 1 saturated carbocycles. The highest BCUT2D eigenvalue weighted by atomic mass is 19.1. The van der Waals surface area contributed by atoms with E-state index in [1.807, 2.05) is 6.92 Å². The molecule has 156 valence electrons. The molecule has 0 saturated heterocycles. The number of hydrogen-bond acceptors (Lipinski definition) is 3. The lowest BCUT2D eigenvalue weighted by atomic mass is 10.1. The van der Waals surface area contributed by atoms with Crippen LogP contribution < -0.4 is 10.7 Å². The second kappa shape index (κ2) is 8.78. The molecule has 1 N–H and O–H groups in total. The first-order valence-electron chi connectivity index (χ1n) is 10.6. The fraction of sp³-hybridized carbons (Fsp3) is 0.375. The molecule has 1 aliphatic carbocycles. The van der Waals surface area contributed by atoms with E-state index in [-0.39, 0.29) is 28.8 Å². The maximum absolute atomic E-state index is 13.3. The summed E-state index contributed by atoms with van der Waals surface area (Å²) in [6, 6.07) is 9.80. The van der Waals surface area contributed by atoms with Gasteiger partial charge in [-0.2, -0.15) is 0 Å². The second-order valence-electron chi connectivity index (χ2n) is 8.11. The number of nitrogens with zero attached hydrogens (tertiary/aromatic N) is 2. The van der Waals surface area contributed by atoms with Crippen molar-refractivity contribution in [1.29, 1.82) is 0 Å². The van der Waals surface area contributed by atoms with Crippen LogP contribution in [0.25, 0.3) is 11.0 Å². The van der Waals surface area contributed by atoms with Crippen LogP contribution in [0.3, 0.4) is 0 Å². The monoisotopic (exact) mass is 407 g/mol. The molecule has 6 heteroatoms. The van der Waals surface area contributed by atoms with Crippen LogP contribution in [0.1, 0.15) is 60.1 Å². The summed E-state index contributed by atoms with van der Waals surface area (Å²) in [6.45, 7) is 2.25. The summed E-state index contributed by atoms with van der Waals surface area (Å²) in [4.78, 5) is 30.6. The lowest BCUT2D eigenvalue weighted by molar-refractivity contribution is 0.0931. The molecule has 0 bridgehead atoms. The molecule has 5 nitrogen and oxygen atoms in total. The van der Waals surface area contributed by atoms with Crippen LogP contribution >= 0.6 is 0 Å². The lowest BCUT2D eigenvalue weighted by Gasteiger charge is -2.17. The molecule has 1 aromatic carbocycles. The molecule has 0 radical (unpaired) electrons. The van der Waals surface area contributed by atoms with E-state index in [0.29, 0.717) is 17.6 Å². The number of nitrogens with one attached hydrogen (secondary N) is 1. The van der Waals surface area contributed by atoms with Crippen molar-refractivity contribution in [2.45, 2.75) is 58.0 Å². The normalized spacial score (nSPS) is 15.1. The predicted molar refractivity (Wildman–Crippen MR) is 115 cm³/mol. The van der Waals surface area contributed by atoms with Crippen LogP contribution in [0, 0.1) is 12.7 Å². The van der Waals surface area contributed by atoms with E-state index in [0.717, 1.165) is 36.9 Å². The number of aromatic nitrogens is 2. The number of benzene rings is 1. The number of carbonyl (C=O) groups excluding carboxylic acids is 1. The Hall–Kier alpha value is -3.02. The molecule has 3 aromatic rings. The number of carbonyl (C=O) groups is 1. The van der Waals surface area contributed by atoms with Gasteiger partial charge in [0.2, 0.25) is 5.43 Å². The topological polar surface area (TPSA) is 64.0 Å². The molecule has 1 amide bonds. The molecule has 1 aliphatic rings. The Kier molecular flexibility index (Phi) is 5.93. The third kappa shape index (κ3) is 4.42. The van der Waals surface area contributed by atoms with Crippen LogP contribution in [0.4, 0.5) is 4.39 Å². The van der Waals surface area contributed by atoms with Gasteiger partial charge < -0.3 is 9.88 Å². The summed E-state index contributed by atoms with van der Waals surface area (Å²) in [5, 5.41) is 3.48. The van der Waals surface area contributed by atoms with Gasteiger partial charge in [0.05, 0.1) is 5.39 Å². The van der Waals surface area contributed by atoms with Gasteiger partial charge in [-0.05, 0) is 49.6 Å². The first-order valence-corrected chi connectivity index (χ1v) is 10.6. The zero-order valence-corrected chi connectivity index (χ0v) is 17.2. The zero-order chi connectivity index (χ0) is 21.1. The Labute approximate surface area is 175 Å². The Morgan fingerprint density at radius 3 is 2.50 bits per heavy atom. The smallest absolute Gasteiger partial charge is 0.256 e. The third-order valence-corrected chi connectivity index (χ3v) is 5.76. The summed E-state index contributed by atoms with van der Waals surface area (Å²) in [5.74, 6) is -0.636. The number of halogens is 1. The first-order chi connectivity index (χ1) is 14.5. The average Bonchev–Trinajstić information content (AvgIpc) is 3.00. The molecular formula is C24H26FN3O2. The van der Waals surface area contributed by atoms with Crippen molar-refractivity contribution in [3.05, 3.63) is 75.5 Å². The minimum Gasteiger partial charge on any atom is -0.349 e. The fourth-order valence-electron chi connectivity index (χ4n) is 4.12. The van der Waals surface area contributed by atoms with Gasteiger partial charge in [0.25, 0.3) is 5.91 Å². The quantitative estimate of drug-likeness (QED) is 0.654. The van der Waals surface area contributed by atoms with Crippen molar-refractivity contribution < 1.29 is 9.18 Å². The zero-order valence-electron chi connectivity index (χ0n) is 17.2. The number of fused-ring (bicyclic) bond motifs is 1. The summed E-state index contributed by atoms with van der Waals surface area (Å²) in [7, 11) is 0. The van der Waals surface area contributed by atoms with Gasteiger partial charge in [-0.25, -0.2) is 9.37 Å². The van der Waals surface area contributed by atoms with Gasteiger partial charge in [-0.15, -0.1) is 0 Å². The molecule has 4 rings (SSSR count). The van der Waals surface area contributed by atoms with Gasteiger partial charge in [0, 0.05) is 24.5 Å². The summed E-state index contributed by atoms with van der Waals surface area (Å²) in [6.07, 6.45) is 8.07. The van der Waals surface area contributed by atoms with Crippen molar-refractivity contribution in [2.75, 3.05) is 0 Å². The van der Waals surface area contributed by atoms with Gasteiger partial charge >= 0.3 is 0 Å². The second-order valence-corrected chi connectivity index (χ2v) is 8.11. The summed E-state index contributed by atoms with van der Waals surface area (Å²) >= 11 is 0. The minimum absolute atomic E-state index is 0.108. The van der Waals surface area contributed by atoms with Crippen LogP contribution in [-0.4, -0.2) is 21.5 Å². The number of amides is 1. The van der Waals surface area contributed by atoms with Gasteiger partial charge in [0.15, 0.2) is 0 Å². The van der Waals surface area contributed by atoms with Gasteiger partial charge in [-0.3, -0.25) is 9.59 Å². The maximum atomic E-state index is 13.3. The van der Waals surface area contributed by atoms with Gasteiger partial charge in [0.1, 0.15) is 17.0 Å². The van der Waals surface area contributed by atoms with Crippen molar-refractivity contribution in [3.63, 3.8) is 0 Å². The number of pyridine rings is 2. The highest BCUT2D eigenvalue weighted by Gasteiger charge is 2.20. The Balaban J connectivity index is 1.73. The Bertz CT molecular complexity index is 1110. The van der Waals surface area contributed by atoms with Crippen LogP contribution in [-0.2, 0) is 6.54 Å². The van der Waals surface area contributed by atoms with Crippen LogP contribution in [0.15, 0.2) is 47.4 Å². The van der Waals surface area contributed by atoms with Crippen molar-refractivity contribution >= 4 is 16.9 Å². The number of rotatable bonds is 4. The molecule has 1 fully saturated rings. The lowest BCUT2D eigenvalue weighted by Crippen LogP contribution is -2.37. The fourth-order valence-corrected chi connectivity index (χ4v) is 4.12. The highest BCUT2D eigenvalue weighted by molar-refractivity contribution is 5.97. The number of hydrogen-bond donors (Lipinski definition) is 1. The first kappa shape index (κ1) is 20.3. The molecule has 0 aliphatic heterocycles.